The number of amides is 1. The van der Waals surface area contributed by atoms with E-state index in [0.717, 1.165) is 16.3 Å². The van der Waals surface area contributed by atoms with Crippen LogP contribution in [0.25, 0.3) is 33.1 Å². The molecule has 6 nitrogen and oxygen atoms in total. The van der Waals surface area contributed by atoms with Gasteiger partial charge in [0.1, 0.15) is 11.6 Å². The van der Waals surface area contributed by atoms with Crippen molar-refractivity contribution < 1.29 is 9.21 Å². The number of rotatable bonds is 3. The molecule has 5 aromatic rings. The van der Waals surface area contributed by atoms with E-state index in [4.69, 9.17) is 4.42 Å². The van der Waals surface area contributed by atoms with Crippen LogP contribution in [0.5, 0.6) is 0 Å². The zero-order valence-electron chi connectivity index (χ0n) is 16.6. The van der Waals surface area contributed by atoms with E-state index in [-0.39, 0.29) is 16.6 Å². The first-order valence-electron chi connectivity index (χ1n) is 9.75. The zero-order valence-corrected chi connectivity index (χ0v) is 16.6. The number of hydrogen-bond donors (Lipinski definition) is 1. The van der Waals surface area contributed by atoms with Crippen LogP contribution in [0.2, 0.25) is 0 Å². The molecular formula is C25H17N3O3. The Balaban J connectivity index is 1.65. The average molecular weight is 407 g/mol. The number of carbonyl (C=O) groups excluding carboxylic acids is 1. The standard InChI is InChI=1S/C25H17N3O3/c1-15-21(29)18-8-5-9-19(23(18)31-22(15)17-6-3-2-4-7-17)25(30)28-24-20-14-26-12-10-16(20)11-13-27-24/h2-14H,1H3,(H,27,28,30). The summed E-state index contributed by atoms with van der Waals surface area (Å²) in [6.45, 7) is 1.73. The van der Waals surface area contributed by atoms with E-state index in [1.165, 1.54) is 0 Å². The van der Waals surface area contributed by atoms with Gasteiger partial charge in [0.15, 0.2) is 11.0 Å². The van der Waals surface area contributed by atoms with Gasteiger partial charge in [0, 0.05) is 35.1 Å². The number of hydrogen-bond acceptors (Lipinski definition) is 5. The Labute approximate surface area is 177 Å². The minimum absolute atomic E-state index is 0.165. The monoisotopic (exact) mass is 407 g/mol. The number of aromatic nitrogens is 2. The van der Waals surface area contributed by atoms with E-state index < -0.39 is 5.91 Å². The highest BCUT2D eigenvalue weighted by Gasteiger charge is 2.19. The second-order valence-corrected chi connectivity index (χ2v) is 7.14. The first kappa shape index (κ1) is 18.7. The highest BCUT2D eigenvalue weighted by Crippen LogP contribution is 2.28. The van der Waals surface area contributed by atoms with Crippen molar-refractivity contribution in [3.63, 3.8) is 0 Å². The van der Waals surface area contributed by atoms with Crippen molar-refractivity contribution in [1.29, 1.82) is 0 Å². The maximum Gasteiger partial charge on any atom is 0.260 e. The van der Waals surface area contributed by atoms with Crippen LogP contribution in [-0.2, 0) is 0 Å². The van der Waals surface area contributed by atoms with Gasteiger partial charge in [0.2, 0.25) is 0 Å². The summed E-state index contributed by atoms with van der Waals surface area (Å²) in [4.78, 5) is 34.6. The van der Waals surface area contributed by atoms with Crippen molar-refractivity contribution in [3.05, 3.63) is 101 Å². The molecule has 0 bridgehead atoms. The van der Waals surface area contributed by atoms with Crippen molar-refractivity contribution in [3.8, 4) is 11.3 Å². The summed E-state index contributed by atoms with van der Waals surface area (Å²) in [5.74, 6) is 0.427. The van der Waals surface area contributed by atoms with Gasteiger partial charge in [-0.3, -0.25) is 14.6 Å². The third kappa shape index (κ3) is 3.24. The molecule has 0 radical (unpaired) electrons. The Kier molecular flexibility index (Phi) is 4.52. The van der Waals surface area contributed by atoms with Crippen LogP contribution in [-0.4, -0.2) is 15.9 Å². The quantitative estimate of drug-likeness (QED) is 0.457. The SMILES string of the molecule is Cc1c(-c2ccccc2)oc2c(C(=O)Nc3nccc4ccncc34)cccc2c1=O. The third-order valence-corrected chi connectivity index (χ3v) is 5.23. The number of carbonyl (C=O) groups is 1. The van der Waals surface area contributed by atoms with Crippen molar-refractivity contribution in [2.75, 3.05) is 5.32 Å². The Morgan fingerprint density at radius 2 is 1.74 bits per heavy atom. The Morgan fingerprint density at radius 1 is 0.935 bits per heavy atom. The van der Waals surface area contributed by atoms with Crippen molar-refractivity contribution in [2.24, 2.45) is 0 Å². The highest BCUT2D eigenvalue weighted by atomic mass is 16.3. The van der Waals surface area contributed by atoms with E-state index in [1.807, 2.05) is 42.5 Å². The summed E-state index contributed by atoms with van der Waals surface area (Å²) in [6.07, 6.45) is 4.96. The average Bonchev–Trinajstić information content (AvgIpc) is 2.82. The molecule has 6 heteroatoms. The van der Waals surface area contributed by atoms with Gasteiger partial charge in [-0.1, -0.05) is 36.4 Å². The summed E-state index contributed by atoms with van der Waals surface area (Å²) < 4.78 is 6.14. The van der Waals surface area contributed by atoms with Crippen molar-refractivity contribution in [2.45, 2.75) is 6.92 Å². The van der Waals surface area contributed by atoms with E-state index in [1.54, 1.807) is 43.7 Å². The van der Waals surface area contributed by atoms with Gasteiger partial charge in [-0.05, 0) is 36.6 Å². The van der Waals surface area contributed by atoms with Gasteiger partial charge >= 0.3 is 0 Å². The lowest BCUT2D eigenvalue weighted by molar-refractivity contribution is 0.102. The Bertz CT molecular complexity index is 1500. The molecule has 150 valence electrons. The predicted molar refractivity (Wildman–Crippen MR) is 120 cm³/mol. The van der Waals surface area contributed by atoms with Gasteiger partial charge in [0.05, 0.1) is 10.9 Å². The van der Waals surface area contributed by atoms with Crippen LogP contribution in [0.1, 0.15) is 15.9 Å². The molecule has 5 rings (SSSR count). The Hall–Kier alpha value is -4.32. The van der Waals surface area contributed by atoms with Crippen LogP contribution >= 0.6 is 0 Å². The van der Waals surface area contributed by atoms with Crippen LogP contribution in [0.4, 0.5) is 5.82 Å². The largest absolute Gasteiger partial charge is 0.455 e. The molecule has 0 saturated carbocycles. The fourth-order valence-corrected chi connectivity index (χ4v) is 3.64. The smallest absolute Gasteiger partial charge is 0.260 e. The molecule has 1 amide bonds. The van der Waals surface area contributed by atoms with E-state index >= 15 is 0 Å². The van der Waals surface area contributed by atoms with Crippen LogP contribution < -0.4 is 10.7 Å². The first-order chi connectivity index (χ1) is 15.1. The third-order valence-electron chi connectivity index (χ3n) is 5.23. The molecule has 0 saturated heterocycles. The topological polar surface area (TPSA) is 85.1 Å². The molecule has 0 aliphatic rings. The molecule has 0 unspecified atom stereocenters. The van der Waals surface area contributed by atoms with Gasteiger partial charge in [-0.25, -0.2) is 4.98 Å². The minimum atomic E-state index is -0.416. The first-order valence-corrected chi connectivity index (χ1v) is 9.75. The molecular weight excluding hydrogens is 390 g/mol. The number of fused-ring (bicyclic) bond motifs is 2. The highest BCUT2D eigenvalue weighted by molar-refractivity contribution is 6.13. The molecule has 0 fully saturated rings. The lowest BCUT2D eigenvalue weighted by atomic mass is 10.0. The molecule has 2 aromatic carbocycles. The van der Waals surface area contributed by atoms with Crippen molar-refractivity contribution >= 4 is 33.5 Å². The number of nitrogens with zero attached hydrogens (tertiary/aromatic N) is 2. The van der Waals surface area contributed by atoms with Crippen LogP contribution in [0, 0.1) is 6.92 Å². The van der Waals surface area contributed by atoms with E-state index in [2.05, 4.69) is 15.3 Å². The maximum absolute atomic E-state index is 13.2. The van der Waals surface area contributed by atoms with Gasteiger partial charge in [0.25, 0.3) is 5.91 Å². The van der Waals surface area contributed by atoms with Gasteiger partial charge in [-0.2, -0.15) is 0 Å². The fourth-order valence-electron chi connectivity index (χ4n) is 3.64. The van der Waals surface area contributed by atoms with Gasteiger partial charge < -0.3 is 9.73 Å². The molecule has 3 aromatic heterocycles. The second kappa shape index (κ2) is 7.50. The number of benzene rings is 2. The van der Waals surface area contributed by atoms with Crippen LogP contribution in [0.3, 0.4) is 0 Å². The lowest BCUT2D eigenvalue weighted by Crippen LogP contribution is -2.15. The normalized spacial score (nSPS) is 11.0. The summed E-state index contributed by atoms with van der Waals surface area (Å²) in [5.41, 5.74) is 1.61. The number of anilines is 1. The van der Waals surface area contributed by atoms with Crippen molar-refractivity contribution in [1.82, 2.24) is 9.97 Å². The molecule has 0 aliphatic heterocycles. The molecule has 31 heavy (non-hydrogen) atoms. The molecule has 0 aliphatic carbocycles. The number of nitrogens with one attached hydrogen (secondary N) is 1. The molecule has 1 N–H and O–H groups in total. The maximum atomic E-state index is 13.2. The minimum Gasteiger partial charge on any atom is -0.455 e. The lowest BCUT2D eigenvalue weighted by Gasteiger charge is -2.11. The summed E-state index contributed by atoms with van der Waals surface area (Å²) >= 11 is 0. The van der Waals surface area contributed by atoms with E-state index in [0.29, 0.717) is 22.5 Å². The second-order valence-electron chi connectivity index (χ2n) is 7.14. The number of pyridine rings is 2. The summed E-state index contributed by atoms with van der Waals surface area (Å²) in [6, 6.07) is 18.0. The molecule has 3 heterocycles. The van der Waals surface area contributed by atoms with Crippen LogP contribution in [0.15, 0.2) is 88.5 Å². The summed E-state index contributed by atoms with van der Waals surface area (Å²) in [5, 5.41) is 4.83. The van der Waals surface area contributed by atoms with E-state index in [9.17, 15) is 9.59 Å². The molecule has 0 spiro atoms. The fraction of sp³-hybridized carbons (Fsp3) is 0.0400. The number of para-hydroxylation sites is 1. The van der Waals surface area contributed by atoms with Gasteiger partial charge in [-0.15, -0.1) is 0 Å². The Morgan fingerprint density at radius 3 is 2.58 bits per heavy atom. The molecule has 0 atom stereocenters. The predicted octanol–water partition coefficient (Wildman–Crippen LogP) is 4.96. The summed E-state index contributed by atoms with van der Waals surface area (Å²) in [7, 11) is 0. The zero-order chi connectivity index (χ0) is 21.4.